The standard InChI is InChI=1S/C14H18O3/c1-2-3-9-16-12-5-4-6-13(10-12)17-11-14(15)7-8-14/h2-6,10,15H,7-9,11H2,1H3/b3-2-. The van der Waals surface area contributed by atoms with Gasteiger partial charge >= 0.3 is 0 Å². The molecule has 0 heterocycles. The van der Waals surface area contributed by atoms with Crippen LogP contribution in [-0.2, 0) is 0 Å². The molecule has 1 fully saturated rings. The van der Waals surface area contributed by atoms with Gasteiger partial charge in [-0.2, -0.15) is 0 Å². The molecule has 1 aromatic carbocycles. The molecule has 17 heavy (non-hydrogen) atoms. The Kier molecular flexibility index (Phi) is 3.69. The highest BCUT2D eigenvalue weighted by atomic mass is 16.5. The minimum Gasteiger partial charge on any atom is -0.490 e. The van der Waals surface area contributed by atoms with E-state index in [2.05, 4.69) is 0 Å². The van der Waals surface area contributed by atoms with Crippen LogP contribution < -0.4 is 9.47 Å². The van der Waals surface area contributed by atoms with Crippen LogP contribution in [0, 0.1) is 0 Å². The first kappa shape index (κ1) is 12.0. The second kappa shape index (κ2) is 5.23. The summed E-state index contributed by atoms with van der Waals surface area (Å²) in [6, 6.07) is 7.49. The maximum atomic E-state index is 9.67. The molecule has 0 unspecified atom stereocenters. The van der Waals surface area contributed by atoms with Crippen LogP contribution in [0.3, 0.4) is 0 Å². The maximum absolute atomic E-state index is 9.67. The van der Waals surface area contributed by atoms with Gasteiger partial charge in [0.25, 0.3) is 0 Å². The third-order valence-electron chi connectivity index (χ3n) is 2.72. The highest BCUT2D eigenvalue weighted by molar-refractivity contribution is 5.33. The van der Waals surface area contributed by atoms with Gasteiger partial charge in [-0.05, 0) is 31.9 Å². The van der Waals surface area contributed by atoms with Crippen molar-refractivity contribution in [2.24, 2.45) is 0 Å². The molecule has 1 saturated carbocycles. The third kappa shape index (κ3) is 3.79. The molecule has 0 aliphatic heterocycles. The fraction of sp³-hybridized carbons (Fsp3) is 0.429. The molecule has 2 rings (SSSR count). The van der Waals surface area contributed by atoms with E-state index in [1.165, 1.54) is 0 Å². The average Bonchev–Trinajstić information content (AvgIpc) is 3.07. The van der Waals surface area contributed by atoms with Crippen molar-refractivity contribution in [1.29, 1.82) is 0 Å². The number of hydrogen-bond donors (Lipinski definition) is 1. The van der Waals surface area contributed by atoms with Crippen molar-refractivity contribution in [1.82, 2.24) is 0 Å². The summed E-state index contributed by atoms with van der Waals surface area (Å²) >= 11 is 0. The lowest BCUT2D eigenvalue weighted by Gasteiger charge is -2.11. The molecule has 0 aromatic heterocycles. The molecular weight excluding hydrogens is 216 g/mol. The summed E-state index contributed by atoms with van der Waals surface area (Å²) < 4.78 is 11.0. The van der Waals surface area contributed by atoms with Gasteiger partial charge in [0.05, 0.1) is 5.60 Å². The quantitative estimate of drug-likeness (QED) is 0.769. The zero-order chi connectivity index (χ0) is 12.1. The topological polar surface area (TPSA) is 38.7 Å². The van der Waals surface area contributed by atoms with Crippen LogP contribution >= 0.6 is 0 Å². The number of allylic oxidation sites excluding steroid dienone is 1. The summed E-state index contributed by atoms with van der Waals surface area (Å²) in [4.78, 5) is 0. The van der Waals surface area contributed by atoms with E-state index in [1.807, 2.05) is 43.3 Å². The molecule has 0 spiro atoms. The second-order valence-electron chi connectivity index (χ2n) is 4.37. The molecule has 0 atom stereocenters. The molecule has 3 heteroatoms. The Morgan fingerprint density at radius 1 is 1.29 bits per heavy atom. The molecule has 0 saturated heterocycles. The first-order chi connectivity index (χ1) is 8.22. The van der Waals surface area contributed by atoms with E-state index in [0.29, 0.717) is 13.2 Å². The van der Waals surface area contributed by atoms with E-state index in [4.69, 9.17) is 9.47 Å². The van der Waals surface area contributed by atoms with Gasteiger partial charge < -0.3 is 14.6 Å². The molecule has 1 aliphatic rings. The van der Waals surface area contributed by atoms with E-state index in [1.54, 1.807) is 0 Å². The summed E-state index contributed by atoms with van der Waals surface area (Å²) in [6.45, 7) is 2.88. The highest BCUT2D eigenvalue weighted by Crippen LogP contribution is 2.35. The highest BCUT2D eigenvalue weighted by Gasteiger charge is 2.41. The van der Waals surface area contributed by atoms with Crippen molar-refractivity contribution in [2.45, 2.75) is 25.4 Å². The molecular formula is C14H18O3. The van der Waals surface area contributed by atoms with Gasteiger partial charge in [0.15, 0.2) is 0 Å². The van der Waals surface area contributed by atoms with Crippen LogP contribution in [0.2, 0.25) is 0 Å². The number of ether oxygens (including phenoxy) is 2. The van der Waals surface area contributed by atoms with E-state index in [-0.39, 0.29) is 0 Å². The van der Waals surface area contributed by atoms with Gasteiger partial charge in [-0.25, -0.2) is 0 Å². The van der Waals surface area contributed by atoms with Crippen LogP contribution in [0.15, 0.2) is 36.4 Å². The SMILES string of the molecule is C/C=C\COc1cccc(OCC2(O)CC2)c1. The Balaban J connectivity index is 1.86. The van der Waals surface area contributed by atoms with E-state index < -0.39 is 5.60 Å². The van der Waals surface area contributed by atoms with Gasteiger partial charge in [0.2, 0.25) is 0 Å². The predicted octanol–water partition coefficient (Wildman–Crippen LogP) is 2.55. The number of aliphatic hydroxyl groups is 1. The van der Waals surface area contributed by atoms with Crippen molar-refractivity contribution >= 4 is 0 Å². The molecule has 1 aliphatic carbocycles. The number of hydrogen-bond acceptors (Lipinski definition) is 3. The van der Waals surface area contributed by atoms with Crippen molar-refractivity contribution in [3.8, 4) is 11.5 Å². The smallest absolute Gasteiger partial charge is 0.123 e. The molecule has 3 nitrogen and oxygen atoms in total. The molecule has 0 radical (unpaired) electrons. The lowest BCUT2D eigenvalue weighted by Crippen LogP contribution is -2.18. The third-order valence-corrected chi connectivity index (χ3v) is 2.72. The van der Waals surface area contributed by atoms with Crippen LogP contribution in [0.25, 0.3) is 0 Å². The van der Waals surface area contributed by atoms with Gasteiger partial charge in [-0.3, -0.25) is 0 Å². The fourth-order valence-electron chi connectivity index (χ4n) is 1.40. The van der Waals surface area contributed by atoms with Crippen LogP contribution in [0.5, 0.6) is 11.5 Å². The fourth-order valence-corrected chi connectivity index (χ4v) is 1.40. The summed E-state index contributed by atoms with van der Waals surface area (Å²) in [5.74, 6) is 1.52. The molecule has 1 N–H and O–H groups in total. The summed E-state index contributed by atoms with van der Waals surface area (Å²) in [7, 11) is 0. The second-order valence-corrected chi connectivity index (χ2v) is 4.37. The van der Waals surface area contributed by atoms with Crippen LogP contribution in [0.1, 0.15) is 19.8 Å². The van der Waals surface area contributed by atoms with Gasteiger partial charge in [-0.1, -0.05) is 18.2 Å². The summed E-state index contributed by atoms with van der Waals surface area (Å²) in [5, 5.41) is 9.67. The summed E-state index contributed by atoms with van der Waals surface area (Å²) in [5.41, 5.74) is -0.582. The lowest BCUT2D eigenvalue weighted by atomic mass is 10.3. The van der Waals surface area contributed by atoms with Crippen LogP contribution in [-0.4, -0.2) is 23.9 Å². The Bertz CT molecular complexity index is 394. The Hall–Kier alpha value is -1.48. The zero-order valence-electron chi connectivity index (χ0n) is 10.1. The minimum atomic E-state index is -0.582. The van der Waals surface area contributed by atoms with Crippen molar-refractivity contribution in [2.75, 3.05) is 13.2 Å². The normalized spacial score (nSPS) is 17.1. The largest absolute Gasteiger partial charge is 0.490 e. The van der Waals surface area contributed by atoms with Crippen molar-refractivity contribution in [3.05, 3.63) is 36.4 Å². The van der Waals surface area contributed by atoms with E-state index >= 15 is 0 Å². The zero-order valence-corrected chi connectivity index (χ0v) is 10.1. The minimum absolute atomic E-state index is 0.366. The molecule has 0 amide bonds. The Labute approximate surface area is 102 Å². The van der Waals surface area contributed by atoms with E-state index in [9.17, 15) is 5.11 Å². The van der Waals surface area contributed by atoms with Crippen molar-refractivity contribution < 1.29 is 14.6 Å². The first-order valence-corrected chi connectivity index (χ1v) is 5.91. The van der Waals surface area contributed by atoms with Gasteiger partial charge in [0.1, 0.15) is 24.7 Å². The Morgan fingerprint density at radius 3 is 2.65 bits per heavy atom. The van der Waals surface area contributed by atoms with Crippen LogP contribution in [0.4, 0.5) is 0 Å². The van der Waals surface area contributed by atoms with E-state index in [0.717, 1.165) is 24.3 Å². The molecule has 1 aromatic rings. The number of benzene rings is 1. The predicted molar refractivity (Wildman–Crippen MR) is 66.4 cm³/mol. The van der Waals surface area contributed by atoms with Gasteiger partial charge in [0, 0.05) is 6.07 Å². The molecule has 92 valence electrons. The molecule has 0 bridgehead atoms. The Morgan fingerprint density at radius 2 is 2.00 bits per heavy atom. The average molecular weight is 234 g/mol. The summed E-state index contributed by atoms with van der Waals surface area (Å²) in [6.07, 6.45) is 5.57. The lowest BCUT2D eigenvalue weighted by molar-refractivity contribution is 0.0855. The number of rotatable bonds is 6. The van der Waals surface area contributed by atoms with Crippen molar-refractivity contribution in [3.63, 3.8) is 0 Å². The first-order valence-electron chi connectivity index (χ1n) is 5.91. The maximum Gasteiger partial charge on any atom is 0.123 e. The monoisotopic (exact) mass is 234 g/mol. The van der Waals surface area contributed by atoms with Gasteiger partial charge in [-0.15, -0.1) is 0 Å².